The van der Waals surface area contributed by atoms with E-state index in [-0.39, 0.29) is 22.5 Å². The summed E-state index contributed by atoms with van der Waals surface area (Å²) in [4.78, 5) is 24.2. The normalized spacial score (nSPS) is 16.0. The summed E-state index contributed by atoms with van der Waals surface area (Å²) in [5, 5.41) is 11.0. The Balaban J connectivity index is 2.13. The minimum Gasteiger partial charge on any atom is -0.469 e. The van der Waals surface area contributed by atoms with Crippen LogP contribution in [-0.4, -0.2) is 31.1 Å². The summed E-state index contributed by atoms with van der Waals surface area (Å²) in [6.45, 7) is 3.18. The Morgan fingerprint density at radius 3 is 2.60 bits per heavy atom. The molecule has 1 fully saturated rings. The van der Waals surface area contributed by atoms with Gasteiger partial charge in [0.25, 0.3) is 5.69 Å². The summed E-state index contributed by atoms with van der Waals surface area (Å²) in [5.41, 5.74) is 1.69. The number of anilines is 1. The topological polar surface area (TPSA) is 72.7 Å². The van der Waals surface area contributed by atoms with Crippen LogP contribution in [0.1, 0.15) is 18.4 Å². The van der Waals surface area contributed by atoms with Crippen LogP contribution in [0.4, 0.5) is 11.4 Å². The van der Waals surface area contributed by atoms with E-state index < -0.39 is 0 Å². The average Bonchev–Trinajstić information content (AvgIpc) is 2.46. The number of carbonyl (C=O) groups excluding carboxylic acids is 1. The van der Waals surface area contributed by atoms with Gasteiger partial charge in [0, 0.05) is 24.8 Å². The Bertz CT molecular complexity index is 522. The SMILES string of the molecule is COC(=O)C1CCN(c2cccc([N+](=O)[O-])c2C)CC1. The Kier molecular flexibility index (Phi) is 4.22. The molecule has 0 amide bonds. The predicted molar refractivity (Wildman–Crippen MR) is 74.8 cm³/mol. The molecule has 0 aromatic heterocycles. The fourth-order valence-corrected chi connectivity index (χ4v) is 2.67. The molecule has 1 aliphatic rings. The highest BCUT2D eigenvalue weighted by molar-refractivity contribution is 5.73. The lowest BCUT2D eigenvalue weighted by molar-refractivity contribution is -0.385. The molecule has 1 heterocycles. The number of ether oxygens (including phenoxy) is 1. The number of carbonyl (C=O) groups is 1. The van der Waals surface area contributed by atoms with Crippen molar-refractivity contribution >= 4 is 17.3 Å². The van der Waals surface area contributed by atoms with Gasteiger partial charge < -0.3 is 9.64 Å². The van der Waals surface area contributed by atoms with Gasteiger partial charge in [0.15, 0.2) is 0 Å². The van der Waals surface area contributed by atoms with Crippen molar-refractivity contribution in [3.8, 4) is 0 Å². The van der Waals surface area contributed by atoms with Crippen LogP contribution >= 0.6 is 0 Å². The van der Waals surface area contributed by atoms with E-state index in [1.54, 1.807) is 13.0 Å². The van der Waals surface area contributed by atoms with Crippen molar-refractivity contribution in [3.63, 3.8) is 0 Å². The molecule has 2 rings (SSSR count). The fraction of sp³-hybridized carbons (Fsp3) is 0.500. The zero-order chi connectivity index (χ0) is 14.7. The molecule has 1 aromatic carbocycles. The van der Waals surface area contributed by atoms with Crippen molar-refractivity contribution in [2.75, 3.05) is 25.1 Å². The summed E-state index contributed by atoms with van der Waals surface area (Å²) >= 11 is 0. The number of hydrogen-bond acceptors (Lipinski definition) is 5. The minimum absolute atomic E-state index is 0.0599. The second kappa shape index (κ2) is 5.90. The monoisotopic (exact) mass is 278 g/mol. The zero-order valence-electron chi connectivity index (χ0n) is 11.7. The lowest BCUT2D eigenvalue weighted by atomic mass is 9.96. The number of esters is 1. The molecule has 0 N–H and O–H groups in total. The van der Waals surface area contributed by atoms with E-state index >= 15 is 0 Å². The second-order valence-corrected chi connectivity index (χ2v) is 4.96. The lowest BCUT2D eigenvalue weighted by Gasteiger charge is -2.33. The third-order valence-corrected chi connectivity index (χ3v) is 3.84. The number of hydrogen-bond donors (Lipinski definition) is 0. The van der Waals surface area contributed by atoms with E-state index in [2.05, 4.69) is 4.90 Å². The Morgan fingerprint density at radius 1 is 1.40 bits per heavy atom. The second-order valence-electron chi connectivity index (χ2n) is 4.96. The molecule has 0 bridgehead atoms. The largest absolute Gasteiger partial charge is 0.469 e. The smallest absolute Gasteiger partial charge is 0.308 e. The zero-order valence-corrected chi connectivity index (χ0v) is 11.7. The van der Waals surface area contributed by atoms with Crippen molar-refractivity contribution in [2.24, 2.45) is 5.92 Å². The van der Waals surface area contributed by atoms with Gasteiger partial charge in [-0.25, -0.2) is 0 Å². The van der Waals surface area contributed by atoms with Gasteiger partial charge in [0.1, 0.15) is 0 Å². The van der Waals surface area contributed by atoms with E-state index in [0.29, 0.717) is 18.7 Å². The van der Waals surface area contributed by atoms with E-state index in [1.807, 2.05) is 6.07 Å². The van der Waals surface area contributed by atoms with Gasteiger partial charge >= 0.3 is 5.97 Å². The van der Waals surface area contributed by atoms with E-state index in [9.17, 15) is 14.9 Å². The number of nitrogens with zero attached hydrogens (tertiary/aromatic N) is 2. The number of piperidine rings is 1. The van der Waals surface area contributed by atoms with E-state index in [4.69, 9.17) is 4.74 Å². The number of rotatable bonds is 3. The first kappa shape index (κ1) is 14.3. The summed E-state index contributed by atoms with van der Waals surface area (Å²) < 4.78 is 4.76. The van der Waals surface area contributed by atoms with Crippen LogP contribution in [0.25, 0.3) is 0 Å². The van der Waals surface area contributed by atoms with Crippen molar-refractivity contribution in [3.05, 3.63) is 33.9 Å². The first-order valence-electron chi connectivity index (χ1n) is 6.61. The molecule has 1 aromatic rings. The third-order valence-electron chi connectivity index (χ3n) is 3.84. The van der Waals surface area contributed by atoms with Gasteiger partial charge in [0.05, 0.1) is 23.5 Å². The van der Waals surface area contributed by atoms with Crippen LogP contribution in [0.15, 0.2) is 18.2 Å². The van der Waals surface area contributed by atoms with Gasteiger partial charge in [-0.3, -0.25) is 14.9 Å². The minimum atomic E-state index is -0.361. The highest BCUT2D eigenvalue weighted by atomic mass is 16.6. The average molecular weight is 278 g/mol. The number of nitro benzene ring substituents is 1. The highest BCUT2D eigenvalue weighted by Crippen LogP contribution is 2.31. The molecular formula is C14H18N2O4. The standard InChI is InChI=1S/C14H18N2O4/c1-10-12(4-3-5-13(10)16(18)19)15-8-6-11(7-9-15)14(17)20-2/h3-5,11H,6-9H2,1-2H3. The molecule has 0 unspecified atom stereocenters. The summed E-state index contributed by atoms with van der Waals surface area (Å²) in [6.07, 6.45) is 1.43. The van der Waals surface area contributed by atoms with Gasteiger partial charge in [-0.05, 0) is 25.8 Å². The number of methoxy groups -OCH3 is 1. The van der Waals surface area contributed by atoms with Gasteiger partial charge in [-0.15, -0.1) is 0 Å². The van der Waals surface area contributed by atoms with Gasteiger partial charge in [-0.2, -0.15) is 0 Å². The molecule has 6 nitrogen and oxygen atoms in total. The molecule has 20 heavy (non-hydrogen) atoms. The predicted octanol–water partition coefficient (Wildman–Crippen LogP) is 2.29. The third kappa shape index (κ3) is 2.74. The Morgan fingerprint density at radius 2 is 2.05 bits per heavy atom. The molecule has 0 aliphatic carbocycles. The first-order chi connectivity index (χ1) is 9.54. The van der Waals surface area contributed by atoms with Crippen LogP contribution in [0.2, 0.25) is 0 Å². The molecule has 0 atom stereocenters. The highest BCUT2D eigenvalue weighted by Gasteiger charge is 2.27. The lowest BCUT2D eigenvalue weighted by Crippen LogP contribution is -2.37. The molecule has 0 radical (unpaired) electrons. The maximum atomic E-state index is 11.5. The Labute approximate surface area is 117 Å². The Hall–Kier alpha value is -2.11. The number of benzene rings is 1. The van der Waals surface area contributed by atoms with Crippen molar-refractivity contribution in [2.45, 2.75) is 19.8 Å². The summed E-state index contributed by atoms with van der Waals surface area (Å²) in [7, 11) is 1.40. The fourth-order valence-electron chi connectivity index (χ4n) is 2.67. The molecule has 0 spiro atoms. The molecule has 108 valence electrons. The molecule has 6 heteroatoms. The van der Waals surface area contributed by atoms with Gasteiger partial charge in [-0.1, -0.05) is 6.07 Å². The summed E-state index contributed by atoms with van der Waals surface area (Å²) in [6, 6.07) is 5.10. The molecular weight excluding hydrogens is 260 g/mol. The molecule has 1 aliphatic heterocycles. The van der Waals surface area contributed by atoms with Crippen LogP contribution in [-0.2, 0) is 9.53 Å². The summed E-state index contributed by atoms with van der Waals surface area (Å²) in [5.74, 6) is -0.226. The number of nitro groups is 1. The maximum absolute atomic E-state index is 11.5. The van der Waals surface area contributed by atoms with E-state index in [1.165, 1.54) is 13.2 Å². The van der Waals surface area contributed by atoms with Crippen molar-refractivity contribution < 1.29 is 14.5 Å². The maximum Gasteiger partial charge on any atom is 0.308 e. The molecule has 0 saturated carbocycles. The quantitative estimate of drug-likeness (QED) is 0.482. The van der Waals surface area contributed by atoms with Crippen molar-refractivity contribution in [1.82, 2.24) is 0 Å². The van der Waals surface area contributed by atoms with E-state index in [0.717, 1.165) is 18.5 Å². The van der Waals surface area contributed by atoms with Gasteiger partial charge in [0.2, 0.25) is 0 Å². The van der Waals surface area contributed by atoms with Crippen LogP contribution in [0.5, 0.6) is 0 Å². The van der Waals surface area contributed by atoms with Crippen LogP contribution < -0.4 is 4.90 Å². The first-order valence-corrected chi connectivity index (χ1v) is 6.61. The van der Waals surface area contributed by atoms with Crippen molar-refractivity contribution in [1.29, 1.82) is 0 Å². The molecule has 1 saturated heterocycles. The van der Waals surface area contributed by atoms with Crippen LogP contribution in [0.3, 0.4) is 0 Å². The van der Waals surface area contributed by atoms with Crippen LogP contribution in [0, 0.1) is 23.0 Å².